The Kier molecular flexibility index (Phi) is 5.87. The summed E-state index contributed by atoms with van der Waals surface area (Å²) in [6.45, 7) is 0. The largest absolute Gasteiger partial charge is 0.359 e. The molecular weight excluding hydrogens is 217 g/mol. The maximum absolute atomic E-state index is 11.0. The highest BCUT2D eigenvalue weighted by atomic mass is 33.2. The van der Waals surface area contributed by atoms with E-state index in [4.69, 9.17) is 11.8 Å². The van der Waals surface area contributed by atoms with Crippen molar-refractivity contribution in [1.82, 2.24) is 5.32 Å². The van der Waals surface area contributed by atoms with Gasteiger partial charge < -0.3 is 5.32 Å². The van der Waals surface area contributed by atoms with Crippen molar-refractivity contribution in [2.45, 2.75) is 0 Å². The average Bonchev–Trinajstić information content (AvgIpc) is 2.04. The minimum absolute atomic E-state index is 0.0528. The van der Waals surface area contributed by atoms with Crippen LogP contribution in [0.1, 0.15) is 0 Å². The molecule has 0 bridgehead atoms. The zero-order chi connectivity index (χ0) is 8.91. The summed E-state index contributed by atoms with van der Waals surface area (Å²) in [5, 5.41) is 2.58. The van der Waals surface area contributed by atoms with Crippen LogP contribution < -0.4 is 5.32 Å². The monoisotopic (exact) mass is 229 g/mol. The fraction of sp³-hybridized carbons (Fsp3) is 0.800. The Balaban J connectivity index is 4.09. The molecule has 2 nitrogen and oxygen atoms in total. The standard InChI is InChI=1S/C5H12NOPS3/c1-6-5(7)4-8(9,10-2)11-3/h4H2,1-3H3,(H,6,7). The first-order chi connectivity index (χ1) is 5.08. The van der Waals surface area contributed by atoms with Crippen LogP contribution in [0.25, 0.3) is 0 Å². The maximum atomic E-state index is 11.0. The van der Waals surface area contributed by atoms with Crippen LogP contribution in [0.2, 0.25) is 0 Å². The SMILES string of the molecule is CNC(=O)CP(=S)(SC)SC. The van der Waals surface area contributed by atoms with Crippen LogP contribution in [0, 0.1) is 0 Å². The first-order valence-corrected chi connectivity index (χ1v) is 9.64. The topological polar surface area (TPSA) is 29.1 Å². The van der Waals surface area contributed by atoms with E-state index in [9.17, 15) is 4.79 Å². The van der Waals surface area contributed by atoms with Crippen LogP contribution in [-0.4, -0.2) is 31.6 Å². The minimum Gasteiger partial charge on any atom is -0.359 e. The summed E-state index contributed by atoms with van der Waals surface area (Å²) in [6, 6.07) is 0. The molecule has 0 radical (unpaired) electrons. The van der Waals surface area contributed by atoms with Crippen molar-refractivity contribution in [3.63, 3.8) is 0 Å². The van der Waals surface area contributed by atoms with Crippen LogP contribution in [0.4, 0.5) is 0 Å². The maximum Gasteiger partial charge on any atom is 0.226 e. The quantitative estimate of drug-likeness (QED) is 0.744. The zero-order valence-corrected chi connectivity index (χ0v) is 10.1. The summed E-state index contributed by atoms with van der Waals surface area (Å²) in [7, 11) is 1.64. The summed E-state index contributed by atoms with van der Waals surface area (Å²) in [5.41, 5.74) is 0. The molecule has 0 aliphatic rings. The van der Waals surface area contributed by atoms with E-state index in [-0.39, 0.29) is 5.91 Å². The number of nitrogens with one attached hydrogen (secondary N) is 1. The first kappa shape index (κ1) is 11.8. The molecule has 0 aliphatic carbocycles. The zero-order valence-electron chi connectivity index (χ0n) is 6.79. The third-order valence-corrected chi connectivity index (χ3v) is 12.8. The minimum atomic E-state index is -1.50. The van der Waals surface area contributed by atoms with Crippen molar-refractivity contribution in [3.8, 4) is 0 Å². The first-order valence-electron chi connectivity index (χ1n) is 2.99. The smallest absolute Gasteiger partial charge is 0.226 e. The molecule has 0 aliphatic heterocycles. The fourth-order valence-corrected chi connectivity index (χ4v) is 4.99. The Labute approximate surface area is 80.8 Å². The van der Waals surface area contributed by atoms with E-state index in [2.05, 4.69) is 5.32 Å². The molecule has 0 heterocycles. The van der Waals surface area contributed by atoms with Crippen molar-refractivity contribution in [3.05, 3.63) is 0 Å². The van der Waals surface area contributed by atoms with E-state index in [0.29, 0.717) is 6.16 Å². The lowest BCUT2D eigenvalue weighted by molar-refractivity contribution is -0.118. The number of carbonyl (C=O) groups excluding carboxylic acids is 1. The van der Waals surface area contributed by atoms with Crippen LogP contribution in [-0.2, 0) is 16.6 Å². The van der Waals surface area contributed by atoms with Gasteiger partial charge in [-0.15, -0.1) is 22.8 Å². The Morgan fingerprint density at radius 1 is 1.55 bits per heavy atom. The third kappa shape index (κ3) is 4.41. The van der Waals surface area contributed by atoms with Gasteiger partial charge in [0.15, 0.2) is 0 Å². The van der Waals surface area contributed by atoms with Crippen LogP contribution in [0.5, 0.6) is 0 Å². The van der Waals surface area contributed by atoms with Crippen molar-refractivity contribution >= 4 is 44.9 Å². The Morgan fingerprint density at radius 2 is 2.00 bits per heavy atom. The molecule has 1 N–H and O–H groups in total. The molecule has 1 amide bonds. The van der Waals surface area contributed by atoms with Crippen molar-refractivity contribution < 1.29 is 4.79 Å². The molecule has 0 aromatic rings. The highest BCUT2D eigenvalue weighted by Gasteiger charge is 2.17. The molecule has 66 valence electrons. The van der Waals surface area contributed by atoms with Gasteiger partial charge in [-0.3, -0.25) is 4.79 Å². The van der Waals surface area contributed by atoms with Gasteiger partial charge in [-0.1, -0.05) is 11.8 Å². The average molecular weight is 229 g/mol. The van der Waals surface area contributed by atoms with Gasteiger partial charge in [-0.05, 0) is 12.5 Å². The molecule has 0 spiro atoms. The number of carbonyl (C=O) groups is 1. The fourth-order valence-electron chi connectivity index (χ4n) is 0.459. The van der Waals surface area contributed by atoms with Gasteiger partial charge in [-0.2, -0.15) is 0 Å². The highest BCUT2D eigenvalue weighted by molar-refractivity contribution is 9.00. The van der Waals surface area contributed by atoms with E-state index < -0.39 is 4.44 Å². The molecule has 0 unspecified atom stereocenters. The summed E-state index contributed by atoms with van der Waals surface area (Å²) < 4.78 is -1.50. The third-order valence-electron chi connectivity index (χ3n) is 1.17. The molecule has 0 saturated carbocycles. The number of amides is 1. The second kappa shape index (κ2) is 5.46. The number of rotatable bonds is 4. The lowest BCUT2D eigenvalue weighted by atomic mass is 10.7. The van der Waals surface area contributed by atoms with Crippen molar-refractivity contribution in [1.29, 1.82) is 0 Å². The molecule has 0 aromatic carbocycles. The second-order valence-electron chi connectivity index (χ2n) is 1.81. The predicted molar refractivity (Wildman–Crippen MR) is 60.2 cm³/mol. The Hall–Kier alpha value is 0.820. The van der Waals surface area contributed by atoms with E-state index in [1.54, 1.807) is 29.8 Å². The molecule has 6 heteroatoms. The second-order valence-corrected chi connectivity index (χ2v) is 14.0. The van der Waals surface area contributed by atoms with Crippen LogP contribution >= 0.6 is 27.2 Å². The molecule has 0 aromatic heterocycles. The summed E-state index contributed by atoms with van der Waals surface area (Å²) in [6.07, 6.45) is 4.45. The number of hydrogen-bond donors (Lipinski definition) is 1. The van der Waals surface area contributed by atoms with Crippen molar-refractivity contribution in [2.24, 2.45) is 0 Å². The van der Waals surface area contributed by atoms with Gasteiger partial charge in [-0.25, -0.2) is 0 Å². The van der Waals surface area contributed by atoms with Gasteiger partial charge >= 0.3 is 0 Å². The van der Waals surface area contributed by atoms with Crippen molar-refractivity contribution in [2.75, 3.05) is 25.7 Å². The van der Waals surface area contributed by atoms with Crippen LogP contribution in [0.3, 0.4) is 0 Å². The summed E-state index contributed by atoms with van der Waals surface area (Å²) >= 11 is 8.61. The van der Waals surface area contributed by atoms with E-state index in [1.165, 1.54) is 0 Å². The normalized spacial score (nSPS) is 11.2. The van der Waals surface area contributed by atoms with Crippen LogP contribution in [0.15, 0.2) is 0 Å². The summed E-state index contributed by atoms with van der Waals surface area (Å²) in [5.74, 6) is 0.0528. The predicted octanol–water partition coefficient (Wildman–Crippen LogP) is 1.77. The van der Waals surface area contributed by atoms with Gasteiger partial charge in [0, 0.05) is 7.05 Å². The van der Waals surface area contributed by atoms with Gasteiger partial charge in [0.05, 0.1) is 10.6 Å². The van der Waals surface area contributed by atoms with E-state index >= 15 is 0 Å². The number of hydrogen-bond acceptors (Lipinski definition) is 4. The molecule has 0 rings (SSSR count). The summed E-state index contributed by atoms with van der Waals surface area (Å²) in [4.78, 5) is 11.0. The lowest BCUT2D eigenvalue weighted by Crippen LogP contribution is -2.20. The molecular formula is C5H12NOPS3. The van der Waals surface area contributed by atoms with E-state index in [0.717, 1.165) is 0 Å². The molecule has 0 saturated heterocycles. The van der Waals surface area contributed by atoms with Gasteiger partial charge in [0.1, 0.15) is 0 Å². The molecule has 0 atom stereocenters. The van der Waals surface area contributed by atoms with Gasteiger partial charge in [0.25, 0.3) is 0 Å². The lowest BCUT2D eigenvalue weighted by Gasteiger charge is -2.14. The highest BCUT2D eigenvalue weighted by Crippen LogP contribution is 2.66. The Bertz CT molecular complexity index is 177. The van der Waals surface area contributed by atoms with E-state index in [1.807, 2.05) is 12.5 Å². The Morgan fingerprint density at radius 3 is 2.27 bits per heavy atom. The molecule has 0 fully saturated rings. The van der Waals surface area contributed by atoms with Gasteiger partial charge in [0.2, 0.25) is 5.91 Å². The molecule has 11 heavy (non-hydrogen) atoms.